The van der Waals surface area contributed by atoms with E-state index >= 15 is 0 Å². The fourth-order valence-corrected chi connectivity index (χ4v) is 2.14. The number of nitrogens with two attached hydrogens (primary N) is 1. The van der Waals surface area contributed by atoms with Crippen LogP contribution < -0.4 is 11.1 Å². The maximum absolute atomic E-state index is 12.1. The first-order chi connectivity index (χ1) is 9.82. The lowest BCUT2D eigenvalue weighted by molar-refractivity contribution is -0.119. The van der Waals surface area contributed by atoms with Gasteiger partial charge in [0.05, 0.1) is 5.56 Å². The lowest BCUT2D eigenvalue weighted by atomic mass is 10.0. The number of hydrogen-bond acceptors (Lipinski definition) is 3. The van der Waals surface area contributed by atoms with Crippen molar-refractivity contribution in [1.29, 1.82) is 0 Å². The van der Waals surface area contributed by atoms with Gasteiger partial charge in [-0.05, 0) is 44.4 Å². The second kappa shape index (κ2) is 7.78. The van der Waals surface area contributed by atoms with Crippen LogP contribution in [0.15, 0.2) is 18.2 Å². The second-order valence-corrected chi connectivity index (χ2v) is 5.58. The summed E-state index contributed by atoms with van der Waals surface area (Å²) in [5.74, 6) is -1.21. The number of hydrogen-bond donors (Lipinski definition) is 3. The van der Waals surface area contributed by atoms with Crippen molar-refractivity contribution in [1.82, 2.24) is 0 Å². The summed E-state index contributed by atoms with van der Waals surface area (Å²) in [6, 6.07) is 5.02. The Labute approximate surface area is 125 Å². The van der Waals surface area contributed by atoms with Crippen LogP contribution in [0.5, 0.6) is 0 Å². The summed E-state index contributed by atoms with van der Waals surface area (Å²) in [7, 11) is 0. The van der Waals surface area contributed by atoms with Crippen molar-refractivity contribution in [3.8, 4) is 0 Å². The van der Waals surface area contributed by atoms with Gasteiger partial charge in [-0.3, -0.25) is 4.79 Å². The number of carboxylic acid groups (broad SMARTS) is 1. The van der Waals surface area contributed by atoms with Crippen molar-refractivity contribution in [2.45, 2.75) is 46.1 Å². The maximum Gasteiger partial charge on any atom is 0.336 e. The molecule has 0 spiro atoms. The smallest absolute Gasteiger partial charge is 0.336 e. The molecule has 0 saturated heterocycles. The summed E-state index contributed by atoms with van der Waals surface area (Å²) in [6.45, 7) is 5.51. The van der Waals surface area contributed by atoms with E-state index in [2.05, 4.69) is 5.32 Å². The van der Waals surface area contributed by atoms with E-state index in [1.165, 1.54) is 6.07 Å². The molecule has 4 N–H and O–H groups in total. The lowest BCUT2D eigenvalue weighted by Gasteiger charge is -2.15. The van der Waals surface area contributed by atoms with Gasteiger partial charge in [0.15, 0.2) is 0 Å². The van der Waals surface area contributed by atoms with Gasteiger partial charge in [-0.1, -0.05) is 19.4 Å². The maximum atomic E-state index is 12.1. The van der Waals surface area contributed by atoms with Gasteiger partial charge < -0.3 is 16.2 Å². The monoisotopic (exact) mass is 292 g/mol. The van der Waals surface area contributed by atoms with Crippen LogP contribution in [0, 0.1) is 12.8 Å². The molecule has 2 unspecified atom stereocenters. The van der Waals surface area contributed by atoms with Crippen LogP contribution in [0.1, 0.15) is 49.0 Å². The molecule has 0 aliphatic rings. The molecule has 0 aliphatic heterocycles. The van der Waals surface area contributed by atoms with Crippen LogP contribution in [0.3, 0.4) is 0 Å². The van der Waals surface area contributed by atoms with Crippen LogP contribution in [-0.2, 0) is 4.79 Å². The Morgan fingerprint density at radius 1 is 1.29 bits per heavy atom. The van der Waals surface area contributed by atoms with Gasteiger partial charge in [0.1, 0.15) is 0 Å². The summed E-state index contributed by atoms with van der Waals surface area (Å²) >= 11 is 0. The molecule has 0 bridgehead atoms. The van der Waals surface area contributed by atoms with Crippen molar-refractivity contribution >= 4 is 17.6 Å². The topological polar surface area (TPSA) is 92.4 Å². The quantitative estimate of drug-likeness (QED) is 0.720. The zero-order chi connectivity index (χ0) is 16.0. The molecule has 0 saturated carbocycles. The van der Waals surface area contributed by atoms with Crippen molar-refractivity contribution < 1.29 is 14.7 Å². The number of aromatic carboxylic acids is 1. The van der Waals surface area contributed by atoms with Crippen LogP contribution in [0.4, 0.5) is 5.69 Å². The van der Waals surface area contributed by atoms with E-state index in [9.17, 15) is 9.59 Å². The van der Waals surface area contributed by atoms with Crippen molar-refractivity contribution in [3.63, 3.8) is 0 Å². The molecule has 5 heteroatoms. The fourth-order valence-electron chi connectivity index (χ4n) is 2.14. The second-order valence-electron chi connectivity index (χ2n) is 5.58. The van der Waals surface area contributed by atoms with Gasteiger partial charge in [-0.15, -0.1) is 0 Å². The highest BCUT2D eigenvalue weighted by molar-refractivity contribution is 5.96. The predicted octanol–water partition coefficient (Wildman–Crippen LogP) is 2.79. The Kier molecular flexibility index (Phi) is 6.37. The first kappa shape index (κ1) is 17.2. The zero-order valence-corrected chi connectivity index (χ0v) is 12.8. The first-order valence-electron chi connectivity index (χ1n) is 7.22. The zero-order valence-electron chi connectivity index (χ0n) is 12.8. The van der Waals surface area contributed by atoms with Gasteiger partial charge in [0, 0.05) is 17.6 Å². The Morgan fingerprint density at radius 3 is 2.52 bits per heavy atom. The number of nitrogens with one attached hydrogen (secondary N) is 1. The van der Waals surface area contributed by atoms with E-state index in [1.807, 2.05) is 13.8 Å². The van der Waals surface area contributed by atoms with Crippen LogP contribution >= 0.6 is 0 Å². The van der Waals surface area contributed by atoms with E-state index in [0.29, 0.717) is 11.3 Å². The molecule has 0 radical (unpaired) electrons. The van der Waals surface area contributed by atoms with Gasteiger partial charge in [-0.25, -0.2) is 4.79 Å². The minimum absolute atomic E-state index is 0.0923. The molecular formula is C16H24N2O3. The summed E-state index contributed by atoms with van der Waals surface area (Å²) in [4.78, 5) is 23.2. The normalized spacial score (nSPS) is 13.5. The predicted molar refractivity (Wildman–Crippen MR) is 83.4 cm³/mol. The largest absolute Gasteiger partial charge is 0.478 e. The van der Waals surface area contributed by atoms with E-state index in [0.717, 1.165) is 19.3 Å². The van der Waals surface area contributed by atoms with E-state index in [4.69, 9.17) is 10.8 Å². The Hall–Kier alpha value is -1.88. The minimum Gasteiger partial charge on any atom is -0.478 e. The number of anilines is 1. The Balaban J connectivity index is 2.66. The molecule has 1 rings (SSSR count). The summed E-state index contributed by atoms with van der Waals surface area (Å²) in [6.07, 6.45) is 2.57. The SMILES string of the molecule is Cc1c(NC(=O)C(C)CCCC(C)N)cccc1C(=O)O. The fraction of sp³-hybridized carbons (Fsp3) is 0.500. The minimum atomic E-state index is -0.992. The molecule has 5 nitrogen and oxygen atoms in total. The molecule has 0 heterocycles. The third-order valence-corrected chi connectivity index (χ3v) is 3.57. The van der Waals surface area contributed by atoms with Gasteiger partial charge in [-0.2, -0.15) is 0 Å². The molecule has 1 aromatic rings. The molecule has 1 aromatic carbocycles. The standard InChI is InChI=1S/C16H24N2O3/c1-10(6-4-7-11(2)17)15(19)18-14-9-5-8-13(12(14)3)16(20)21/h5,8-11H,4,6-7,17H2,1-3H3,(H,18,19)(H,20,21). The van der Waals surface area contributed by atoms with Crippen LogP contribution in [-0.4, -0.2) is 23.0 Å². The third kappa shape index (κ3) is 5.19. The lowest BCUT2D eigenvalue weighted by Crippen LogP contribution is -2.22. The molecular weight excluding hydrogens is 268 g/mol. The highest BCUT2D eigenvalue weighted by atomic mass is 16.4. The van der Waals surface area contributed by atoms with Crippen LogP contribution in [0.25, 0.3) is 0 Å². The summed E-state index contributed by atoms with van der Waals surface area (Å²) in [5.41, 5.74) is 7.02. The molecule has 1 amide bonds. The Morgan fingerprint density at radius 2 is 1.95 bits per heavy atom. The van der Waals surface area contributed by atoms with Gasteiger partial charge in [0.2, 0.25) is 5.91 Å². The summed E-state index contributed by atoms with van der Waals surface area (Å²) in [5, 5.41) is 11.9. The molecule has 0 aliphatic carbocycles. The molecule has 0 aromatic heterocycles. The van der Waals surface area contributed by atoms with E-state index in [-0.39, 0.29) is 23.4 Å². The molecule has 116 valence electrons. The van der Waals surface area contributed by atoms with Gasteiger partial charge in [0.25, 0.3) is 0 Å². The van der Waals surface area contributed by atoms with Crippen LogP contribution in [0.2, 0.25) is 0 Å². The average Bonchev–Trinajstić information content (AvgIpc) is 2.40. The van der Waals surface area contributed by atoms with Crippen molar-refractivity contribution in [3.05, 3.63) is 29.3 Å². The van der Waals surface area contributed by atoms with E-state index in [1.54, 1.807) is 19.1 Å². The molecule has 2 atom stereocenters. The average molecular weight is 292 g/mol. The molecule has 21 heavy (non-hydrogen) atoms. The number of benzene rings is 1. The first-order valence-corrected chi connectivity index (χ1v) is 7.22. The highest BCUT2D eigenvalue weighted by Crippen LogP contribution is 2.20. The van der Waals surface area contributed by atoms with Gasteiger partial charge >= 0.3 is 5.97 Å². The number of carboxylic acids is 1. The summed E-state index contributed by atoms with van der Waals surface area (Å²) < 4.78 is 0. The van der Waals surface area contributed by atoms with Crippen molar-refractivity contribution in [2.75, 3.05) is 5.32 Å². The number of rotatable bonds is 7. The van der Waals surface area contributed by atoms with E-state index < -0.39 is 5.97 Å². The molecule has 0 fully saturated rings. The Bertz CT molecular complexity index is 512. The number of amides is 1. The number of carbonyl (C=O) groups excluding carboxylic acids is 1. The third-order valence-electron chi connectivity index (χ3n) is 3.57. The number of carbonyl (C=O) groups is 2. The van der Waals surface area contributed by atoms with Crippen molar-refractivity contribution in [2.24, 2.45) is 11.7 Å². The highest BCUT2D eigenvalue weighted by Gasteiger charge is 2.16.